The monoisotopic (exact) mass is 197 g/mol. The molecule has 0 aliphatic carbocycles. The van der Waals surface area contributed by atoms with Crippen molar-refractivity contribution in [2.24, 2.45) is 11.8 Å². The second kappa shape index (κ2) is 5.05. The zero-order chi connectivity index (χ0) is 10.6. The molecule has 1 rings (SSSR count). The van der Waals surface area contributed by atoms with Crippen LogP contribution in [0.25, 0.3) is 0 Å². The van der Waals surface area contributed by atoms with E-state index in [-0.39, 0.29) is 12.5 Å². The van der Waals surface area contributed by atoms with Crippen LogP contribution in [0.1, 0.15) is 19.6 Å². The molecule has 0 aromatic carbocycles. The molecule has 14 heavy (non-hydrogen) atoms. The second-order valence-corrected chi connectivity index (χ2v) is 3.98. The van der Waals surface area contributed by atoms with Gasteiger partial charge in [-0.2, -0.15) is 0 Å². The van der Waals surface area contributed by atoms with Crippen molar-refractivity contribution in [1.29, 1.82) is 0 Å². The lowest BCUT2D eigenvalue weighted by atomic mass is 9.97. The van der Waals surface area contributed by atoms with Crippen LogP contribution in [0.4, 0.5) is 5.88 Å². The van der Waals surface area contributed by atoms with Gasteiger partial charge in [0.2, 0.25) is 0 Å². The molecule has 80 valence electrons. The lowest BCUT2D eigenvalue weighted by Gasteiger charge is -2.18. The zero-order valence-corrected chi connectivity index (χ0v) is 9.08. The molecule has 0 amide bonds. The molecule has 0 fully saturated rings. The Hall–Kier alpha value is -0.960. The summed E-state index contributed by atoms with van der Waals surface area (Å²) in [5.74, 6) is 2.43. The van der Waals surface area contributed by atoms with Crippen molar-refractivity contribution in [3.05, 3.63) is 17.9 Å². The van der Waals surface area contributed by atoms with Crippen molar-refractivity contribution in [1.82, 2.24) is 0 Å². The van der Waals surface area contributed by atoms with E-state index in [1.54, 1.807) is 0 Å². The van der Waals surface area contributed by atoms with Crippen LogP contribution in [0.3, 0.4) is 0 Å². The fourth-order valence-electron chi connectivity index (χ4n) is 1.27. The fourth-order valence-corrected chi connectivity index (χ4v) is 1.27. The molecule has 0 spiro atoms. The summed E-state index contributed by atoms with van der Waals surface area (Å²) in [7, 11) is 0. The molecule has 1 unspecified atom stereocenters. The minimum Gasteiger partial charge on any atom is -0.446 e. The Bertz CT molecular complexity index is 268. The van der Waals surface area contributed by atoms with Gasteiger partial charge in [-0.25, -0.2) is 0 Å². The molecule has 0 saturated heterocycles. The first-order valence-electron chi connectivity index (χ1n) is 5.04. The molecule has 1 aromatic rings. The van der Waals surface area contributed by atoms with Crippen molar-refractivity contribution in [3.63, 3.8) is 0 Å². The number of hydrogen-bond acceptors (Lipinski definition) is 3. The maximum Gasteiger partial charge on any atom is 0.193 e. The second-order valence-electron chi connectivity index (χ2n) is 3.98. The van der Waals surface area contributed by atoms with Crippen molar-refractivity contribution >= 4 is 5.88 Å². The number of aliphatic hydroxyl groups is 1. The van der Waals surface area contributed by atoms with E-state index >= 15 is 0 Å². The maximum atomic E-state index is 9.11. The van der Waals surface area contributed by atoms with E-state index in [9.17, 15) is 0 Å². The SMILES string of the molecule is Cc1ccc(NCC(CO)C(C)C)o1. The molecule has 3 nitrogen and oxygen atoms in total. The summed E-state index contributed by atoms with van der Waals surface area (Å²) in [6, 6.07) is 3.83. The topological polar surface area (TPSA) is 45.4 Å². The van der Waals surface area contributed by atoms with Crippen LogP contribution < -0.4 is 5.32 Å². The average Bonchev–Trinajstić information content (AvgIpc) is 2.52. The molecule has 1 atom stereocenters. The Labute approximate surface area is 85.1 Å². The number of hydrogen-bond donors (Lipinski definition) is 2. The number of aryl methyl sites for hydroxylation is 1. The highest BCUT2D eigenvalue weighted by atomic mass is 16.4. The van der Waals surface area contributed by atoms with Gasteiger partial charge in [0, 0.05) is 25.1 Å². The summed E-state index contributed by atoms with van der Waals surface area (Å²) in [6.45, 7) is 7.09. The van der Waals surface area contributed by atoms with Gasteiger partial charge >= 0.3 is 0 Å². The fraction of sp³-hybridized carbons (Fsp3) is 0.636. The van der Waals surface area contributed by atoms with Crippen LogP contribution in [-0.2, 0) is 0 Å². The van der Waals surface area contributed by atoms with Gasteiger partial charge in [0.1, 0.15) is 5.76 Å². The Morgan fingerprint density at radius 3 is 2.57 bits per heavy atom. The van der Waals surface area contributed by atoms with E-state index in [2.05, 4.69) is 19.2 Å². The van der Waals surface area contributed by atoms with Gasteiger partial charge < -0.3 is 14.8 Å². The van der Waals surface area contributed by atoms with E-state index in [1.165, 1.54) is 0 Å². The van der Waals surface area contributed by atoms with Crippen LogP contribution >= 0.6 is 0 Å². The molecule has 0 radical (unpaired) electrons. The summed E-state index contributed by atoms with van der Waals surface area (Å²) in [4.78, 5) is 0. The Morgan fingerprint density at radius 1 is 1.43 bits per heavy atom. The first kappa shape index (κ1) is 11.1. The summed E-state index contributed by atoms with van der Waals surface area (Å²) < 4.78 is 5.37. The minimum absolute atomic E-state index is 0.213. The van der Waals surface area contributed by atoms with Crippen LogP contribution in [0.15, 0.2) is 16.5 Å². The molecule has 0 aliphatic heterocycles. The summed E-state index contributed by atoms with van der Waals surface area (Å²) in [5.41, 5.74) is 0. The van der Waals surface area contributed by atoms with Gasteiger partial charge in [-0.1, -0.05) is 13.8 Å². The van der Waals surface area contributed by atoms with Crippen molar-refractivity contribution in [3.8, 4) is 0 Å². The van der Waals surface area contributed by atoms with Gasteiger partial charge in [0.15, 0.2) is 5.88 Å². The normalized spacial score (nSPS) is 13.2. The quantitative estimate of drug-likeness (QED) is 0.761. The lowest BCUT2D eigenvalue weighted by Crippen LogP contribution is -2.22. The first-order valence-corrected chi connectivity index (χ1v) is 5.04. The van der Waals surface area contributed by atoms with E-state index < -0.39 is 0 Å². The third kappa shape index (κ3) is 3.07. The van der Waals surface area contributed by atoms with Crippen molar-refractivity contribution in [2.75, 3.05) is 18.5 Å². The van der Waals surface area contributed by atoms with Gasteiger partial charge in [-0.05, 0) is 18.9 Å². The number of anilines is 1. The van der Waals surface area contributed by atoms with E-state index in [4.69, 9.17) is 9.52 Å². The largest absolute Gasteiger partial charge is 0.446 e. The lowest BCUT2D eigenvalue weighted by molar-refractivity contribution is 0.197. The number of furan rings is 1. The summed E-state index contributed by atoms with van der Waals surface area (Å²) in [6.07, 6.45) is 0. The maximum absolute atomic E-state index is 9.11. The van der Waals surface area contributed by atoms with E-state index in [1.807, 2.05) is 19.1 Å². The standard InChI is InChI=1S/C11H19NO2/c1-8(2)10(7-13)6-12-11-5-4-9(3)14-11/h4-5,8,10,12-13H,6-7H2,1-3H3. The Morgan fingerprint density at radius 2 is 2.14 bits per heavy atom. The van der Waals surface area contributed by atoms with Crippen molar-refractivity contribution in [2.45, 2.75) is 20.8 Å². The molecule has 3 heteroatoms. The van der Waals surface area contributed by atoms with Crippen LogP contribution in [-0.4, -0.2) is 18.3 Å². The van der Waals surface area contributed by atoms with E-state index in [0.717, 1.165) is 18.2 Å². The molecule has 2 N–H and O–H groups in total. The third-order valence-corrected chi connectivity index (χ3v) is 2.46. The number of nitrogens with one attached hydrogen (secondary N) is 1. The van der Waals surface area contributed by atoms with Gasteiger partial charge in [-0.3, -0.25) is 0 Å². The van der Waals surface area contributed by atoms with Crippen LogP contribution in [0.5, 0.6) is 0 Å². The highest BCUT2D eigenvalue weighted by Gasteiger charge is 2.12. The van der Waals surface area contributed by atoms with Gasteiger partial charge in [0.05, 0.1) is 0 Å². The Balaban J connectivity index is 2.39. The van der Waals surface area contributed by atoms with Crippen molar-refractivity contribution < 1.29 is 9.52 Å². The van der Waals surface area contributed by atoms with Crippen LogP contribution in [0, 0.1) is 18.8 Å². The first-order chi connectivity index (χ1) is 6.63. The molecule has 1 aromatic heterocycles. The number of aliphatic hydroxyl groups excluding tert-OH is 1. The third-order valence-electron chi connectivity index (χ3n) is 2.46. The minimum atomic E-state index is 0.213. The number of rotatable bonds is 5. The summed E-state index contributed by atoms with van der Waals surface area (Å²) in [5, 5.41) is 12.3. The average molecular weight is 197 g/mol. The Kier molecular flexibility index (Phi) is 4.01. The summed E-state index contributed by atoms with van der Waals surface area (Å²) >= 11 is 0. The molecule has 0 bridgehead atoms. The molecule has 0 saturated carbocycles. The van der Waals surface area contributed by atoms with Crippen LogP contribution in [0.2, 0.25) is 0 Å². The molecule has 0 aliphatic rings. The molecular formula is C11H19NO2. The smallest absolute Gasteiger partial charge is 0.193 e. The van der Waals surface area contributed by atoms with Gasteiger partial charge in [0.25, 0.3) is 0 Å². The molecular weight excluding hydrogens is 178 g/mol. The predicted molar refractivity (Wildman–Crippen MR) is 57.3 cm³/mol. The molecule has 1 heterocycles. The van der Waals surface area contributed by atoms with E-state index in [0.29, 0.717) is 5.92 Å². The highest BCUT2D eigenvalue weighted by molar-refractivity contribution is 5.31. The van der Waals surface area contributed by atoms with Gasteiger partial charge in [-0.15, -0.1) is 0 Å². The highest BCUT2D eigenvalue weighted by Crippen LogP contribution is 2.15. The predicted octanol–water partition coefficient (Wildman–Crippen LogP) is 2.26. The zero-order valence-electron chi connectivity index (χ0n) is 9.08.